The van der Waals surface area contributed by atoms with E-state index in [1.165, 1.54) is 12.8 Å². The number of nitrogens with zero attached hydrogens (tertiary/aromatic N) is 3. The van der Waals surface area contributed by atoms with Crippen molar-refractivity contribution < 1.29 is 0 Å². The normalized spacial score (nSPS) is 15.3. The monoisotopic (exact) mass is 221 g/mol. The first-order chi connectivity index (χ1) is 7.65. The molecule has 5 nitrogen and oxygen atoms in total. The zero-order valence-corrected chi connectivity index (χ0v) is 10.1. The molecule has 5 heteroatoms. The van der Waals surface area contributed by atoms with Crippen LogP contribution in [-0.4, -0.2) is 23.1 Å². The van der Waals surface area contributed by atoms with Gasteiger partial charge in [-0.3, -0.25) is 0 Å². The summed E-state index contributed by atoms with van der Waals surface area (Å²) >= 11 is 0. The van der Waals surface area contributed by atoms with Gasteiger partial charge in [-0.1, -0.05) is 13.8 Å². The second kappa shape index (κ2) is 4.25. The van der Waals surface area contributed by atoms with Gasteiger partial charge in [0.1, 0.15) is 18.0 Å². The fourth-order valence-corrected chi connectivity index (χ4v) is 1.95. The Kier molecular flexibility index (Phi) is 2.96. The highest BCUT2D eigenvalue weighted by Crippen LogP contribution is 2.35. The minimum absolute atomic E-state index is 0.350. The first kappa shape index (κ1) is 11.1. The number of rotatable bonds is 4. The summed E-state index contributed by atoms with van der Waals surface area (Å²) in [5, 5.41) is 0. The molecule has 0 aromatic carbocycles. The zero-order chi connectivity index (χ0) is 11.7. The van der Waals surface area contributed by atoms with E-state index in [-0.39, 0.29) is 0 Å². The molecule has 0 radical (unpaired) electrons. The minimum atomic E-state index is 0.350. The first-order valence-electron chi connectivity index (χ1n) is 5.69. The van der Waals surface area contributed by atoms with E-state index in [9.17, 15) is 0 Å². The molecule has 0 aliphatic heterocycles. The highest BCUT2D eigenvalue weighted by Gasteiger charge is 2.29. The Bertz CT molecular complexity index is 373. The van der Waals surface area contributed by atoms with Crippen LogP contribution in [0.15, 0.2) is 6.33 Å². The van der Waals surface area contributed by atoms with Crippen LogP contribution in [0, 0.1) is 0 Å². The summed E-state index contributed by atoms with van der Waals surface area (Å²) in [5.41, 5.74) is 3.75. The summed E-state index contributed by atoms with van der Waals surface area (Å²) < 4.78 is 0. The van der Waals surface area contributed by atoms with E-state index >= 15 is 0 Å². The van der Waals surface area contributed by atoms with Gasteiger partial charge in [-0.05, 0) is 18.8 Å². The predicted molar refractivity (Wildman–Crippen MR) is 65.4 cm³/mol. The predicted octanol–water partition coefficient (Wildman–Crippen LogP) is 1.48. The molecule has 1 aliphatic carbocycles. The molecule has 1 aromatic rings. The molecular formula is C11H19N5. The van der Waals surface area contributed by atoms with Crippen LogP contribution in [0.4, 0.5) is 11.6 Å². The summed E-state index contributed by atoms with van der Waals surface area (Å²) in [5.74, 6) is 7.57. The van der Waals surface area contributed by atoms with Crippen molar-refractivity contribution in [1.82, 2.24) is 9.97 Å². The topological polar surface area (TPSA) is 67.1 Å². The van der Waals surface area contributed by atoms with Gasteiger partial charge in [0.15, 0.2) is 0 Å². The van der Waals surface area contributed by atoms with E-state index in [4.69, 9.17) is 5.84 Å². The van der Waals surface area contributed by atoms with Crippen molar-refractivity contribution in [3.63, 3.8) is 0 Å². The first-order valence-corrected chi connectivity index (χ1v) is 5.69. The lowest BCUT2D eigenvalue weighted by Gasteiger charge is -2.23. The van der Waals surface area contributed by atoms with E-state index < -0.39 is 0 Å². The molecular weight excluding hydrogens is 202 g/mol. The van der Waals surface area contributed by atoms with Crippen LogP contribution in [0.25, 0.3) is 0 Å². The second-order valence-electron chi connectivity index (χ2n) is 4.60. The van der Waals surface area contributed by atoms with Gasteiger partial charge in [0.25, 0.3) is 0 Å². The van der Waals surface area contributed by atoms with Crippen molar-refractivity contribution in [3.05, 3.63) is 11.9 Å². The third-order valence-corrected chi connectivity index (χ3v) is 3.01. The van der Waals surface area contributed by atoms with Crippen LogP contribution in [-0.2, 0) is 0 Å². The van der Waals surface area contributed by atoms with Crippen LogP contribution < -0.4 is 16.2 Å². The van der Waals surface area contributed by atoms with Crippen LogP contribution >= 0.6 is 0 Å². The average Bonchev–Trinajstić information content (AvgIpc) is 3.10. The van der Waals surface area contributed by atoms with Crippen LogP contribution in [0.2, 0.25) is 0 Å². The van der Waals surface area contributed by atoms with E-state index in [0.29, 0.717) is 12.0 Å². The Morgan fingerprint density at radius 3 is 2.62 bits per heavy atom. The van der Waals surface area contributed by atoms with Crippen molar-refractivity contribution in [2.24, 2.45) is 5.84 Å². The molecule has 0 bridgehead atoms. The molecule has 88 valence electrons. The average molecular weight is 221 g/mol. The number of nitrogens with two attached hydrogens (primary N) is 1. The molecule has 0 atom stereocenters. The van der Waals surface area contributed by atoms with E-state index in [2.05, 4.69) is 41.2 Å². The lowest BCUT2D eigenvalue weighted by molar-refractivity contribution is 0.807. The largest absolute Gasteiger partial charge is 0.356 e. The maximum absolute atomic E-state index is 5.49. The van der Waals surface area contributed by atoms with Gasteiger partial charge in [0, 0.05) is 18.7 Å². The van der Waals surface area contributed by atoms with Crippen molar-refractivity contribution in [3.8, 4) is 0 Å². The number of hydrogen-bond donors (Lipinski definition) is 2. The highest BCUT2D eigenvalue weighted by atomic mass is 15.3. The Morgan fingerprint density at radius 2 is 2.12 bits per heavy atom. The van der Waals surface area contributed by atoms with Gasteiger partial charge < -0.3 is 10.3 Å². The number of anilines is 2. The van der Waals surface area contributed by atoms with Gasteiger partial charge in [-0.25, -0.2) is 15.8 Å². The number of hydrazine groups is 1. The Balaban J connectivity index is 2.41. The van der Waals surface area contributed by atoms with Gasteiger partial charge >= 0.3 is 0 Å². The molecule has 16 heavy (non-hydrogen) atoms. The standard InChI is InChI=1S/C11H19N5/c1-7(2)9-10(15-12)13-6-14-11(9)16(3)8-4-5-8/h6-8H,4-5,12H2,1-3H3,(H,13,14,15). The number of nitrogens with one attached hydrogen (secondary N) is 1. The van der Waals surface area contributed by atoms with Crippen molar-refractivity contribution in [1.29, 1.82) is 0 Å². The molecule has 1 aromatic heterocycles. The van der Waals surface area contributed by atoms with Gasteiger partial charge in [-0.15, -0.1) is 0 Å². The van der Waals surface area contributed by atoms with Gasteiger partial charge in [-0.2, -0.15) is 0 Å². The van der Waals surface area contributed by atoms with Crippen molar-refractivity contribution >= 4 is 11.6 Å². The molecule has 0 amide bonds. The van der Waals surface area contributed by atoms with Crippen LogP contribution in [0.1, 0.15) is 38.2 Å². The number of hydrogen-bond acceptors (Lipinski definition) is 5. The van der Waals surface area contributed by atoms with Gasteiger partial charge in [0.05, 0.1) is 0 Å². The third kappa shape index (κ3) is 1.95. The van der Waals surface area contributed by atoms with Crippen LogP contribution in [0.3, 0.4) is 0 Å². The fraction of sp³-hybridized carbons (Fsp3) is 0.636. The SMILES string of the molecule is CC(C)c1c(NN)ncnc1N(C)C1CC1. The van der Waals surface area contributed by atoms with Crippen molar-refractivity contribution in [2.45, 2.75) is 38.6 Å². The van der Waals surface area contributed by atoms with Crippen molar-refractivity contribution in [2.75, 3.05) is 17.4 Å². The molecule has 1 saturated carbocycles. The molecule has 1 aliphatic rings. The quantitative estimate of drug-likeness (QED) is 0.595. The number of nitrogen functional groups attached to an aromatic ring is 1. The molecule has 1 heterocycles. The maximum Gasteiger partial charge on any atom is 0.148 e. The summed E-state index contributed by atoms with van der Waals surface area (Å²) in [6.07, 6.45) is 4.07. The lowest BCUT2D eigenvalue weighted by Crippen LogP contribution is -2.24. The maximum atomic E-state index is 5.49. The fourth-order valence-electron chi connectivity index (χ4n) is 1.95. The van der Waals surface area contributed by atoms with E-state index in [0.717, 1.165) is 17.2 Å². The summed E-state index contributed by atoms with van der Waals surface area (Å²) in [6.45, 7) is 4.26. The summed E-state index contributed by atoms with van der Waals surface area (Å²) in [4.78, 5) is 10.8. The Labute approximate surface area is 96.0 Å². The van der Waals surface area contributed by atoms with Gasteiger partial charge in [0.2, 0.25) is 0 Å². The minimum Gasteiger partial charge on any atom is -0.356 e. The van der Waals surface area contributed by atoms with Crippen LogP contribution in [0.5, 0.6) is 0 Å². The highest BCUT2D eigenvalue weighted by molar-refractivity contribution is 5.60. The summed E-state index contributed by atoms with van der Waals surface area (Å²) in [6, 6.07) is 0.637. The smallest absolute Gasteiger partial charge is 0.148 e. The third-order valence-electron chi connectivity index (χ3n) is 3.01. The Hall–Kier alpha value is -1.36. The second-order valence-corrected chi connectivity index (χ2v) is 4.60. The lowest BCUT2D eigenvalue weighted by atomic mass is 10.0. The molecule has 3 N–H and O–H groups in total. The van der Waals surface area contributed by atoms with E-state index in [1.807, 2.05) is 0 Å². The molecule has 2 rings (SSSR count). The summed E-state index contributed by atoms with van der Waals surface area (Å²) in [7, 11) is 2.09. The van der Waals surface area contributed by atoms with E-state index in [1.54, 1.807) is 6.33 Å². The molecule has 0 saturated heterocycles. The molecule has 0 unspecified atom stereocenters. The molecule has 1 fully saturated rings. The zero-order valence-electron chi connectivity index (χ0n) is 10.1. The number of aromatic nitrogens is 2. The molecule has 0 spiro atoms. The Morgan fingerprint density at radius 1 is 1.44 bits per heavy atom.